The highest BCUT2D eigenvalue weighted by Gasteiger charge is 2.11. The molecule has 2 aromatic rings. The molecule has 0 bridgehead atoms. The SMILES string of the molecule is CNC(CSc1ccc(Br)cn1)c1cc(C)cc(C)c1. The third-order valence-electron chi connectivity index (χ3n) is 3.09. The Morgan fingerprint density at radius 3 is 2.45 bits per heavy atom. The quantitative estimate of drug-likeness (QED) is 0.802. The highest BCUT2D eigenvalue weighted by Crippen LogP contribution is 2.25. The number of halogens is 1. The summed E-state index contributed by atoms with van der Waals surface area (Å²) in [4.78, 5) is 4.40. The highest BCUT2D eigenvalue weighted by atomic mass is 79.9. The maximum atomic E-state index is 4.40. The second kappa shape index (κ2) is 7.25. The van der Waals surface area contributed by atoms with Crippen molar-refractivity contribution in [1.82, 2.24) is 10.3 Å². The lowest BCUT2D eigenvalue weighted by Gasteiger charge is -2.17. The van der Waals surface area contributed by atoms with Gasteiger partial charge in [0, 0.05) is 22.5 Å². The first-order chi connectivity index (χ1) is 9.58. The van der Waals surface area contributed by atoms with Crippen molar-refractivity contribution < 1.29 is 0 Å². The first-order valence-corrected chi connectivity index (χ1v) is 8.36. The van der Waals surface area contributed by atoms with Gasteiger partial charge < -0.3 is 5.32 Å². The van der Waals surface area contributed by atoms with Crippen LogP contribution in [0.1, 0.15) is 22.7 Å². The topological polar surface area (TPSA) is 24.9 Å². The van der Waals surface area contributed by atoms with Crippen LogP contribution in [-0.4, -0.2) is 17.8 Å². The van der Waals surface area contributed by atoms with Crippen LogP contribution in [0.3, 0.4) is 0 Å². The predicted molar refractivity (Wildman–Crippen MR) is 90.4 cm³/mol. The zero-order valence-corrected chi connectivity index (χ0v) is 14.4. The van der Waals surface area contributed by atoms with Crippen LogP contribution in [0, 0.1) is 13.8 Å². The van der Waals surface area contributed by atoms with Gasteiger partial charge in [-0.15, -0.1) is 11.8 Å². The van der Waals surface area contributed by atoms with Crippen LogP contribution < -0.4 is 5.32 Å². The molecule has 4 heteroatoms. The van der Waals surface area contributed by atoms with E-state index < -0.39 is 0 Å². The maximum absolute atomic E-state index is 4.40. The van der Waals surface area contributed by atoms with Gasteiger partial charge in [-0.25, -0.2) is 4.98 Å². The van der Waals surface area contributed by atoms with Crippen molar-refractivity contribution >= 4 is 27.7 Å². The monoisotopic (exact) mass is 350 g/mol. The second-order valence-corrected chi connectivity index (χ2v) is 6.84. The zero-order valence-electron chi connectivity index (χ0n) is 12.0. The van der Waals surface area contributed by atoms with Crippen molar-refractivity contribution in [3.05, 3.63) is 57.7 Å². The summed E-state index contributed by atoms with van der Waals surface area (Å²) in [5, 5.41) is 4.45. The first kappa shape index (κ1) is 15.5. The van der Waals surface area contributed by atoms with Crippen LogP contribution in [0.25, 0.3) is 0 Å². The van der Waals surface area contributed by atoms with Gasteiger partial charge in [-0.05, 0) is 54.5 Å². The molecule has 1 unspecified atom stereocenters. The Labute approximate surface area is 133 Å². The smallest absolute Gasteiger partial charge is 0.0961 e. The molecule has 1 N–H and O–H groups in total. The van der Waals surface area contributed by atoms with E-state index in [4.69, 9.17) is 0 Å². The van der Waals surface area contributed by atoms with Crippen LogP contribution in [0.5, 0.6) is 0 Å². The summed E-state index contributed by atoms with van der Waals surface area (Å²) in [6.07, 6.45) is 1.84. The molecule has 0 saturated carbocycles. The number of hydrogen-bond donors (Lipinski definition) is 1. The van der Waals surface area contributed by atoms with Gasteiger partial charge in [0.2, 0.25) is 0 Å². The molecule has 2 nitrogen and oxygen atoms in total. The van der Waals surface area contributed by atoms with Crippen molar-refractivity contribution in [3.63, 3.8) is 0 Å². The summed E-state index contributed by atoms with van der Waals surface area (Å²) in [7, 11) is 2.01. The van der Waals surface area contributed by atoms with E-state index in [0.29, 0.717) is 6.04 Å². The molecule has 1 heterocycles. The van der Waals surface area contributed by atoms with Crippen LogP contribution in [-0.2, 0) is 0 Å². The van der Waals surface area contributed by atoms with Crippen LogP contribution in [0.15, 0.2) is 46.0 Å². The molecule has 0 radical (unpaired) electrons. The summed E-state index contributed by atoms with van der Waals surface area (Å²) < 4.78 is 1.02. The largest absolute Gasteiger partial charge is 0.312 e. The van der Waals surface area contributed by atoms with E-state index in [1.807, 2.05) is 25.4 Å². The van der Waals surface area contributed by atoms with Crippen molar-refractivity contribution in [2.75, 3.05) is 12.8 Å². The van der Waals surface area contributed by atoms with Gasteiger partial charge in [0.25, 0.3) is 0 Å². The second-order valence-electron chi connectivity index (χ2n) is 4.89. The molecule has 106 valence electrons. The number of nitrogens with zero attached hydrogens (tertiary/aromatic N) is 1. The Balaban J connectivity index is 2.07. The number of pyridine rings is 1. The molecular formula is C16H19BrN2S. The number of nitrogens with one attached hydrogen (secondary N) is 1. The molecule has 1 aromatic heterocycles. The lowest BCUT2D eigenvalue weighted by atomic mass is 10.0. The standard InChI is InChI=1S/C16H19BrN2S/c1-11-6-12(2)8-13(7-11)15(18-3)10-20-16-5-4-14(17)9-19-16/h4-9,15,18H,10H2,1-3H3. The van der Waals surface area contributed by atoms with E-state index in [-0.39, 0.29) is 0 Å². The summed E-state index contributed by atoms with van der Waals surface area (Å²) >= 11 is 5.18. The van der Waals surface area contributed by atoms with Gasteiger partial charge in [0.15, 0.2) is 0 Å². The molecule has 0 spiro atoms. The average molecular weight is 351 g/mol. The fourth-order valence-corrected chi connectivity index (χ4v) is 3.40. The Bertz CT molecular complexity index is 549. The van der Waals surface area contributed by atoms with Crippen molar-refractivity contribution in [1.29, 1.82) is 0 Å². The molecule has 0 amide bonds. The van der Waals surface area contributed by atoms with Gasteiger partial charge >= 0.3 is 0 Å². The molecule has 20 heavy (non-hydrogen) atoms. The number of aromatic nitrogens is 1. The highest BCUT2D eigenvalue weighted by molar-refractivity contribution is 9.10. The Morgan fingerprint density at radius 2 is 1.90 bits per heavy atom. The summed E-state index contributed by atoms with van der Waals surface area (Å²) in [5.41, 5.74) is 3.97. The number of hydrogen-bond acceptors (Lipinski definition) is 3. The van der Waals surface area contributed by atoms with Gasteiger partial charge in [0.05, 0.1) is 5.03 Å². The number of aryl methyl sites for hydroxylation is 2. The number of thioether (sulfide) groups is 1. The zero-order chi connectivity index (χ0) is 14.5. The number of benzene rings is 1. The molecule has 1 atom stereocenters. The summed E-state index contributed by atoms with van der Waals surface area (Å²) in [6, 6.07) is 11.1. The van der Waals surface area contributed by atoms with Gasteiger partial charge in [-0.3, -0.25) is 0 Å². The fraction of sp³-hybridized carbons (Fsp3) is 0.312. The summed E-state index contributed by atoms with van der Waals surface area (Å²) in [5.74, 6) is 0.966. The molecule has 0 saturated heterocycles. The molecule has 1 aromatic carbocycles. The van der Waals surface area contributed by atoms with Crippen molar-refractivity contribution in [2.24, 2.45) is 0 Å². The molecule has 0 fully saturated rings. The lowest BCUT2D eigenvalue weighted by molar-refractivity contribution is 0.660. The Kier molecular flexibility index (Phi) is 5.64. The van der Waals surface area contributed by atoms with Gasteiger partial charge in [-0.1, -0.05) is 29.3 Å². The minimum absolute atomic E-state index is 0.337. The molecule has 2 rings (SSSR count). The van der Waals surface area contributed by atoms with E-state index in [1.54, 1.807) is 11.8 Å². The normalized spacial score (nSPS) is 12.4. The van der Waals surface area contributed by atoms with E-state index in [2.05, 4.69) is 58.3 Å². The minimum atomic E-state index is 0.337. The maximum Gasteiger partial charge on any atom is 0.0961 e. The van der Waals surface area contributed by atoms with E-state index in [9.17, 15) is 0 Å². The number of rotatable bonds is 5. The molecule has 0 aliphatic heterocycles. The fourth-order valence-electron chi connectivity index (χ4n) is 2.17. The third kappa shape index (κ3) is 4.33. The van der Waals surface area contributed by atoms with Crippen LogP contribution in [0.4, 0.5) is 0 Å². The average Bonchev–Trinajstić information content (AvgIpc) is 2.40. The summed E-state index contributed by atoms with van der Waals surface area (Å²) in [6.45, 7) is 4.29. The molecular weight excluding hydrogens is 332 g/mol. The van der Waals surface area contributed by atoms with Gasteiger partial charge in [-0.2, -0.15) is 0 Å². The minimum Gasteiger partial charge on any atom is -0.312 e. The van der Waals surface area contributed by atoms with E-state index in [0.717, 1.165) is 15.3 Å². The Hall–Kier alpha value is -0.840. The first-order valence-electron chi connectivity index (χ1n) is 6.58. The Morgan fingerprint density at radius 1 is 1.20 bits per heavy atom. The van der Waals surface area contributed by atoms with Crippen molar-refractivity contribution in [2.45, 2.75) is 24.9 Å². The van der Waals surface area contributed by atoms with E-state index >= 15 is 0 Å². The lowest BCUT2D eigenvalue weighted by Crippen LogP contribution is -2.19. The van der Waals surface area contributed by atoms with Crippen LogP contribution in [0.2, 0.25) is 0 Å². The van der Waals surface area contributed by atoms with Crippen LogP contribution >= 0.6 is 27.7 Å². The van der Waals surface area contributed by atoms with Gasteiger partial charge in [0.1, 0.15) is 0 Å². The van der Waals surface area contributed by atoms with Crippen molar-refractivity contribution in [3.8, 4) is 0 Å². The molecule has 0 aliphatic carbocycles. The predicted octanol–water partition coefficient (Wildman–Crippen LogP) is 4.51. The van der Waals surface area contributed by atoms with E-state index in [1.165, 1.54) is 16.7 Å². The molecule has 0 aliphatic rings. The third-order valence-corrected chi connectivity index (χ3v) is 4.60.